The number of pyridine rings is 1. The van der Waals surface area contributed by atoms with Gasteiger partial charge in [-0.2, -0.15) is 0 Å². The summed E-state index contributed by atoms with van der Waals surface area (Å²) in [5.74, 6) is 0.872. The molecule has 4 heteroatoms. The minimum absolute atomic E-state index is 0.304. The summed E-state index contributed by atoms with van der Waals surface area (Å²) in [5.41, 5.74) is 4.98. The zero-order valence-corrected chi connectivity index (χ0v) is 15.1. The van der Waals surface area contributed by atoms with Crippen LogP contribution in [0.15, 0.2) is 46.9 Å². The van der Waals surface area contributed by atoms with E-state index in [4.69, 9.17) is 0 Å². The summed E-state index contributed by atoms with van der Waals surface area (Å²) in [6.45, 7) is 7.57. The van der Waals surface area contributed by atoms with Gasteiger partial charge in [0.05, 0.1) is 6.54 Å². The Balaban J connectivity index is 1.61. The number of nitrogens with one attached hydrogen (secondary N) is 1. The highest BCUT2D eigenvalue weighted by Crippen LogP contribution is 2.33. The number of rotatable bonds is 2. The van der Waals surface area contributed by atoms with Crippen molar-refractivity contribution in [3.05, 3.63) is 58.7 Å². The van der Waals surface area contributed by atoms with Crippen LogP contribution in [0.4, 0.5) is 5.69 Å². The minimum atomic E-state index is 0.304. The first kappa shape index (κ1) is 15.3. The average Bonchev–Trinajstić information content (AvgIpc) is 3.11. The summed E-state index contributed by atoms with van der Waals surface area (Å²) in [4.78, 5) is 9.03. The van der Waals surface area contributed by atoms with E-state index in [-0.39, 0.29) is 0 Å². The zero-order chi connectivity index (χ0) is 16.7. The highest BCUT2D eigenvalue weighted by molar-refractivity contribution is 7.17. The fraction of sp³-hybridized carbons (Fsp3) is 0.300. The Morgan fingerprint density at radius 1 is 1.21 bits per heavy atom. The van der Waals surface area contributed by atoms with Crippen LogP contribution in [0.2, 0.25) is 0 Å². The van der Waals surface area contributed by atoms with Crippen molar-refractivity contribution in [2.75, 3.05) is 5.32 Å². The molecule has 3 aromatic rings. The van der Waals surface area contributed by atoms with Crippen LogP contribution in [0.5, 0.6) is 0 Å². The van der Waals surface area contributed by atoms with E-state index in [2.05, 4.69) is 65.7 Å². The molecule has 0 unspecified atom stereocenters. The summed E-state index contributed by atoms with van der Waals surface area (Å²) in [6, 6.07) is 10.6. The Bertz CT molecular complexity index is 931. The van der Waals surface area contributed by atoms with Gasteiger partial charge in [0.2, 0.25) is 0 Å². The van der Waals surface area contributed by atoms with Crippen molar-refractivity contribution in [3.63, 3.8) is 0 Å². The van der Waals surface area contributed by atoms with E-state index in [1.807, 2.05) is 23.6 Å². The maximum absolute atomic E-state index is 4.58. The maximum atomic E-state index is 4.58. The number of aliphatic imine (C=N–C) groups is 1. The lowest BCUT2D eigenvalue weighted by molar-refractivity contribution is 0.413. The number of amidine groups is 1. The molecule has 0 spiro atoms. The van der Waals surface area contributed by atoms with Crippen LogP contribution >= 0.6 is 11.3 Å². The second-order valence-electron chi connectivity index (χ2n) is 7.51. The number of benzene rings is 1. The van der Waals surface area contributed by atoms with Crippen molar-refractivity contribution in [3.8, 4) is 0 Å². The van der Waals surface area contributed by atoms with Crippen molar-refractivity contribution >= 4 is 32.9 Å². The van der Waals surface area contributed by atoms with E-state index in [1.165, 1.54) is 21.2 Å². The first-order valence-electron chi connectivity index (χ1n) is 8.25. The van der Waals surface area contributed by atoms with Gasteiger partial charge in [-0.15, -0.1) is 11.3 Å². The Morgan fingerprint density at radius 2 is 2.08 bits per heavy atom. The van der Waals surface area contributed by atoms with Crippen LogP contribution < -0.4 is 5.32 Å². The molecule has 0 aliphatic carbocycles. The molecule has 0 fully saturated rings. The second-order valence-corrected chi connectivity index (χ2v) is 8.42. The van der Waals surface area contributed by atoms with Gasteiger partial charge in [-0.25, -0.2) is 0 Å². The lowest BCUT2D eigenvalue weighted by Crippen LogP contribution is -2.13. The molecule has 2 aromatic heterocycles. The normalized spacial score (nSPS) is 13.9. The van der Waals surface area contributed by atoms with Gasteiger partial charge in [0.15, 0.2) is 5.84 Å². The van der Waals surface area contributed by atoms with E-state index in [0.717, 1.165) is 23.6 Å². The SMILES string of the molecule is CC(C)(C)Cc1csc2cc(NC3=NCc4cccnc43)ccc12. The summed E-state index contributed by atoms with van der Waals surface area (Å²) in [6.07, 6.45) is 2.92. The van der Waals surface area contributed by atoms with Crippen LogP contribution in [0.25, 0.3) is 10.1 Å². The van der Waals surface area contributed by atoms with E-state index >= 15 is 0 Å². The van der Waals surface area contributed by atoms with Crippen LogP contribution in [0.3, 0.4) is 0 Å². The van der Waals surface area contributed by atoms with Crippen LogP contribution in [-0.4, -0.2) is 10.8 Å². The van der Waals surface area contributed by atoms with Gasteiger partial charge in [0, 0.05) is 22.1 Å². The van der Waals surface area contributed by atoms with Crippen LogP contribution in [0, 0.1) is 5.41 Å². The lowest BCUT2D eigenvalue weighted by atomic mass is 9.88. The molecule has 1 aromatic carbocycles. The molecule has 0 bridgehead atoms. The van der Waals surface area contributed by atoms with Crippen molar-refractivity contribution < 1.29 is 0 Å². The largest absolute Gasteiger partial charge is 0.339 e. The predicted octanol–water partition coefficient (Wildman–Crippen LogP) is 5.26. The second kappa shape index (κ2) is 5.71. The first-order valence-corrected chi connectivity index (χ1v) is 9.13. The summed E-state index contributed by atoms with van der Waals surface area (Å²) < 4.78 is 1.32. The number of thiophene rings is 1. The number of hydrogen-bond donors (Lipinski definition) is 1. The molecule has 0 amide bonds. The smallest absolute Gasteiger partial charge is 0.152 e. The molecule has 0 saturated heterocycles. The fourth-order valence-corrected chi connectivity index (χ4v) is 4.12. The fourth-order valence-electron chi connectivity index (χ4n) is 3.12. The number of hydrogen-bond acceptors (Lipinski definition) is 4. The predicted molar refractivity (Wildman–Crippen MR) is 103 cm³/mol. The van der Waals surface area contributed by atoms with Crippen LogP contribution in [-0.2, 0) is 13.0 Å². The van der Waals surface area contributed by atoms with Gasteiger partial charge >= 0.3 is 0 Å². The number of aromatic nitrogens is 1. The molecule has 3 nitrogen and oxygen atoms in total. The highest BCUT2D eigenvalue weighted by atomic mass is 32.1. The molecule has 24 heavy (non-hydrogen) atoms. The van der Waals surface area contributed by atoms with Gasteiger partial charge in [-0.05, 0) is 46.4 Å². The third-order valence-electron chi connectivity index (χ3n) is 4.16. The standard InChI is InChI=1S/C20H21N3S/c1-20(2,3)10-14-12-24-17-9-15(6-7-16(14)17)23-19-18-13(11-22-19)5-4-8-21-18/h4-9,12H,10-11H2,1-3H3,(H,22,23). The monoisotopic (exact) mass is 335 g/mol. The maximum Gasteiger partial charge on any atom is 0.152 e. The van der Waals surface area contributed by atoms with Gasteiger partial charge in [-0.1, -0.05) is 32.9 Å². The third kappa shape index (κ3) is 2.94. The van der Waals surface area contributed by atoms with E-state index in [0.29, 0.717) is 12.0 Å². The number of nitrogens with zero attached hydrogens (tertiary/aromatic N) is 2. The van der Waals surface area contributed by atoms with Crippen molar-refractivity contribution in [2.45, 2.75) is 33.7 Å². The summed E-state index contributed by atoms with van der Waals surface area (Å²) in [7, 11) is 0. The molecular weight excluding hydrogens is 314 g/mol. The molecule has 3 heterocycles. The lowest BCUT2D eigenvalue weighted by Gasteiger charge is -2.17. The molecule has 1 aliphatic heterocycles. The van der Waals surface area contributed by atoms with Crippen molar-refractivity contribution in [1.29, 1.82) is 0 Å². The van der Waals surface area contributed by atoms with Crippen LogP contribution in [0.1, 0.15) is 37.6 Å². The minimum Gasteiger partial charge on any atom is -0.339 e. The molecular formula is C20H21N3S. The van der Waals surface area contributed by atoms with Gasteiger partial charge in [0.25, 0.3) is 0 Å². The van der Waals surface area contributed by atoms with Crippen molar-refractivity contribution in [1.82, 2.24) is 4.98 Å². The molecule has 0 saturated carbocycles. The molecule has 4 rings (SSSR count). The van der Waals surface area contributed by atoms with E-state index in [1.54, 1.807) is 0 Å². The average molecular weight is 335 g/mol. The van der Waals surface area contributed by atoms with Crippen molar-refractivity contribution in [2.24, 2.45) is 10.4 Å². The molecule has 1 N–H and O–H groups in total. The first-order chi connectivity index (χ1) is 11.5. The molecule has 0 radical (unpaired) electrons. The Hall–Kier alpha value is -2.20. The Kier molecular flexibility index (Phi) is 3.65. The zero-order valence-electron chi connectivity index (χ0n) is 14.3. The summed E-state index contributed by atoms with van der Waals surface area (Å²) in [5, 5.41) is 7.10. The molecule has 122 valence electrons. The van der Waals surface area contributed by atoms with E-state index in [9.17, 15) is 0 Å². The number of anilines is 1. The topological polar surface area (TPSA) is 37.3 Å². The van der Waals surface area contributed by atoms with Gasteiger partial charge in [-0.3, -0.25) is 9.98 Å². The van der Waals surface area contributed by atoms with Gasteiger partial charge < -0.3 is 5.32 Å². The van der Waals surface area contributed by atoms with Gasteiger partial charge in [0.1, 0.15) is 5.69 Å². The quantitative estimate of drug-likeness (QED) is 0.694. The molecule has 0 atom stereocenters. The summed E-state index contributed by atoms with van der Waals surface area (Å²) >= 11 is 1.82. The highest BCUT2D eigenvalue weighted by Gasteiger charge is 2.18. The van der Waals surface area contributed by atoms with E-state index < -0.39 is 0 Å². The third-order valence-corrected chi connectivity index (χ3v) is 5.16. The Morgan fingerprint density at radius 3 is 2.92 bits per heavy atom. The number of fused-ring (bicyclic) bond motifs is 2. The Labute approximate surface area is 146 Å². The molecule has 1 aliphatic rings.